The molecule has 0 aliphatic heterocycles. The molecule has 0 spiro atoms. The van der Waals surface area contributed by atoms with Crippen LogP contribution in [0.3, 0.4) is 0 Å². The molecule has 90 valence electrons. The van der Waals surface area contributed by atoms with Gasteiger partial charge >= 0.3 is 0 Å². The summed E-state index contributed by atoms with van der Waals surface area (Å²) in [6.45, 7) is 1.99. The molecule has 0 saturated heterocycles. The molecule has 1 aromatic heterocycles. The predicted octanol–water partition coefficient (Wildman–Crippen LogP) is 3.20. The number of thiazole rings is 1. The van der Waals surface area contributed by atoms with Crippen LogP contribution in [0.5, 0.6) is 5.75 Å². The minimum absolute atomic E-state index is 0.0976. The predicted molar refractivity (Wildman–Crippen MR) is 68.7 cm³/mol. The average Bonchev–Trinajstić information content (AvgIpc) is 2.78. The van der Waals surface area contributed by atoms with E-state index in [1.54, 1.807) is 25.6 Å². The summed E-state index contributed by atoms with van der Waals surface area (Å²) in [5, 5.41) is 3.01. The molecule has 0 aliphatic rings. The van der Waals surface area contributed by atoms with Gasteiger partial charge in [0.25, 0.3) is 0 Å². The number of ether oxygens (including phenoxy) is 2. The highest BCUT2D eigenvalue weighted by atomic mass is 32.1. The largest absolute Gasteiger partial charge is 0.497 e. The fraction of sp³-hybridized carbons (Fsp3) is 0.308. The lowest BCUT2D eigenvalue weighted by atomic mass is 10.1. The Bertz CT molecular complexity index is 478. The summed E-state index contributed by atoms with van der Waals surface area (Å²) in [4.78, 5) is 4.46. The summed E-state index contributed by atoms with van der Waals surface area (Å²) in [5.74, 6) is 0.846. The van der Waals surface area contributed by atoms with Crippen LogP contribution < -0.4 is 4.74 Å². The van der Waals surface area contributed by atoms with Crippen molar-refractivity contribution >= 4 is 11.3 Å². The molecule has 17 heavy (non-hydrogen) atoms. The third kappa shape index (κ3) is 2.65. The Morgan fingerprint density at radius 3 is 2.35 bits per heavy atom. The van der Waals surface area contributed by atoms with Crippen LogP contribution >= 0.6 is 11.3 Å². The minimum Gasteiger partial charge on any atom is -0.497 e. The van der Waals surface area contributed by atoms with Crippen LogP contribution in [0.15, 0.2) is 29.6 Å². The summed E-state index contributed by atoms with van der Waals surface area (Å²) in [7, 11) is 3.36. The summed E-state index contributed by atoms with van der Waals surface area (Å²) in [6, 6.07) is 7.87. The molecule has 0 bridgehead atoms. The Morgan fingerprint density at radius 2 is 1.88 bits per heavy atom. The van der Waals surface area contributed by atoms with Gasteiger partial charge in [0, 0.05) is 18.2 Å². The van der Waals surface area contributed by atoms with Crippen molar-refractivity contribution in [2.75, 3.05) is 14.2 Å². The standard InChI is InChI=1S/C13H15NO2S/c1-9-8-17-13(14-9)12(16-3)10-4-6-11(15-2)7-5-10/h4-8,12H,1-3H3. The zero-order valence-electron chi connectivity index (χ0n) is 10.1. The van der Waals surface area contributed by atoms with Crippen LogP contribution in [0.4, 0.5) is 0 Å². The third-order valence-electron chi connectivity index (χ3n) is 2.52. The van der Waals surface area contributed by atoms with Gasteiger partial charge < -0.3 is 9.47 Å². The molecular formula is C13H15NO2S. The Morgan fingerprint density at radius 1 is 1.18 bits per heavy atom. The second-order valence-electron chi connectivity index (χ2n) is 3.72. The summed E-state index contributed by atoms with van der Waals surface area (Å²) in [5.41, 5.74) is 2.11. The quantitative estimate of drug-likeness (QED) is 0.834. The second kappa shape index (κ2) is 5.29. The number of methoxy groups -OCH3 is 2. The molecule has 2 aromatic rings. The van der Waals surface area contributed by atoms with Gasteiger partial charge in [-0.05, 0) is 24.6 Å². The molecule has 0 N–H and O–H groups in total. The number of aryl methyl sites for hydroxylation is 1. The molecule has 3 nitrogen and oxygen atoms in total. The first-order chi connectivity index (χ1) is 8.24. The van der Waals surface area contributed by atoms with E-state index >= 15 is 0 Å². The number of hydrogen-bond donors (Lipinski definition) is 0. The van der Waals surface area contributed by atoms with E-state index in [9.17, 15) is 0 Å². The number of hydrogen-bond acceptors (Lipinski definition) is 4. The fourth-order valence-corrected chi connectivity index (χ4v) is 2.55. The van der Waals surface area contributed by atoms with Crippen molar-refractivity contribution in [1.82, 2.24) is 4.98 Å². The van der Waals surface area contributed by atoms with Crippen LogP contribution in [-0.2, 0) is 4.74 Å². The van der Waals surface area contributed by atoms with Crippen LogP contribution in [0.25, 0.3) is 0 Å². The van der Waals surface area contributed by atoms with Crippen LogP contribution in [-0.4, -0.2) is 19.2 Å². The molecule has 0 fully saturated rings. The summed E-state index contributed by atoms with van der Waals surface area (Å²) < 4.78 is 10.7. The number of nitrogens with zero attached hydrogens (tertiary/aromatic N) is 1. The van der Waals surface area contributed by atoms with Gasteiger partial charge in [-0.25, -0.2) is 4.98 Å². The highest BCUT2D eigenvalue weighted by molar-refractivity contribution is 7.09. The Hall–Kier alpha value is -1.39. The molecule has 0 amide bonds. The normalized spacial score (nSPS) is 12.4. The molecule has 4 heteroatoms. The van der Waals surface area contributed by atoms with Crippen molar-refractivity contribution in [2.45, 2.75) is 13.0 Å². The van der Waals surface area contributed by atoms with E-state index in [2.05, 4.69) is 4.98 Å². The van der Waals surface area contributed by atoms with Gasteiger partial charge in [-0.3, -0.25) is 0 Å². The number of rotatable bonds is 4. The number of benzene rings is 1. The third-order valence-corrected chi connectivity index (χ3v) is 3.52. The van der Waals surface area contributed by atoms with Gasteiger partial charge in [0.1, 0.15) is 16.9 Å². The van der Waals surface area contributed by atoms with Crippen molar-refractivity contribution in [1.29, 1.82) is 0 Å². The monoisotopic (exact) mass is 249 g/mol. The average molecular weight is 249 g/mol. The summed E-state index contributed by atoms with van der Waals surface area (Å²) >= 11 is 1.62. The molecule has 0 radical (unpaired) electrons. The van der Waals surface area contributed by atoms with E-state index in [1.165, 1.54) is 0 Å². The van der Waals surface area contributed by atoms with Gasteiger partial charge in [-0.2, -0.15) is 0 Å². The van der Waals surface area contributed by atoms with Crippen molar-refractivity contribution in [3.8, 4) is 5.75 Å². The van der Waals surface area contributed by atoms with E-state index < -0.39 is 0 Å². The maximum atomic E-state index is 5.52. The first kappa shape index (κ1) is 12.1. The van der Waals surface area contributed by atoms with E-state index in [4.69, 9.17) is 9.47 Å². The van der Waals surface area contributed by atoms with Crippen LogP contribution in [0.2, 0.25) is 0 Å². The fourth-order valence-electron chi connectivity index (χ4n) is 1.65. The van der Waals surface area contributed by atoms with Crippen molar-refractivity contribution < 1.29 is 9.47 Å². The molecule has 1 atom stereocenters. The lowest BCUT2D eigenvalue weighted by Crippen LogP contribution is -2.03. The highest BCUT2D eigenvalue weighted by Crippen LogP contribution is 2.28. The Balaban J connectivity index is 2.28. The van der Waals surface area contributed by atoms with E-state index in [0.717, 1.165) is 22.0 Å². The maximum absolute atomic E-state index is 5.52. The van der Waals surface area contributed by atoms with E-state index in [0.29, 0.717) is 0 Å². The van der Waals surface area contributed by atoms with Crippen LogP contribution in [0.1, 0.15) is 22.4 Å². The zero-order valence-corrected chi connectivity index (χ0v) is 11.0. The van der Waals surface area contributed by atoms with Crippen molar-refractivity contribution in [2.24, 2.45) is 0 Å². The molecule has 2 rings (SSSR count). The first-order valence-electron chi connectivity index (χ1n) is 5.33. The van der Waals surface area contributed by atoms with Crippen molar-refractivity contribution in [3.63, 3.8) is 0 Å². The molecule has 1 aromatic carbocycles. The van der Waals surface area contributed by atoms with Gasteiger partial charge in [0.05, 0.1) is 7.11 Å². The summed E-state index contributed by atoms with van der Waals surface area (Å²) in [6.07, 6.45) is -0.0976. The lowest BCUT2D eigenvalue weighted by molar-refractivity contribution is 0.136. The van der Waals surface area contributed by atoms with Gasteiger partial charge in [0.2, 0.25) is 0 Å². The SMILES string of the molecule is COc1ccc(C(OC)c2nc(C)cs2)cc1. The van der Waals surface area contributed by atoms with Gasteiger partial charge in [-0.1, -0.05) is 12.1 Å². The molecular weight excluding hydrogens is 234 g/mol. The van der Waals surface area contributed by atoms with Gasteiger partial charge in [-0.15, -0.1) is 11.3 Å². The van der Waals surface area contributed by atoms with E-state index in [-0.39, 0.29) is 6.10 Å². The second-order valence-corrected chi connectivity index (χ2v) is 4.61. The lowest BCUT2D eigenvalue weighted by Gasteiger charge is -2.13. The highest BCUT2D eigenvalue weighted by Gasteiger charge is 2.16. The van der Waals surface area contributed by atoms with Crippen molar-refractivity contribution in [3.05, 3.63) is 45.9 Å². The Labute approximate surface area is 105 Å². The van der Waals surface area contributed by atoms with Gasteiger partial charge in [0.15, 0.2) is 0 Å². The Kier molecular flexibility index (Phi) is 3.76. The van der Waals surface area contributed by atoms with E-state index in [1.807, 2.05) is 36.6 Å². The van der Waals surface area contributed by atoms with Crippen LogP contribution in [0, 0.1) is 6.92 Å². The smallest absolute Gasteiger partial charge is 0.134 e. The molecule has 0 aliphatic carbocycles. The number of aromatic nitrogens is 1. The molecule has 0 saturated carbocycles. The molecule has 1 heterocycles. The zero-order chi connectivity index (χ0) is 12.3. The maximum Gasteiger partial charge on any atom is 0.134 e. The minimum atomic E-state index is -0.0976. The first-order valence-corrected chi connectivity index (χ1v) is 6.21. The topological polar surface area (TPSA) is 31.4 Å². The molecule has 1 unspecified atom stereocenters.